The van der Waals surface area contributed by atoms with Crippen LogP contribution >= 0.6 is 0 Å². The molecular formula is C15H22FN5O. The maximum atomic E-state index is 13.7. The van der Waals surface area contributed by atoms with E-state index in [1.54, 1.807) is 6.07 Å². The van der Waals surface area contributed by atoms with Gasteiger partial charge in [-0.25, -0.2) is 9.07 Å². The SMILES string of the molecule is CCCCn1nnnc1CN(C)Cc1ccc(OC)c(F)c1. The number of aromatic nitrogens is 4. The maximum absolute atomic E-state index is 13.7. The lowest BCUT2D eigenvalue weighted by molar-refractivity contribution is 0.300. The van der Waals surface area contributed by atoms with Crippen molar-refractivity contribution in [2.45, 2.75) is 39.4 Å². The topological polar surface area (TPSA) is 56.1 Å². The number of hydrogen-bond acceptors (Lipinski definition) is 5. The Balaban J connectivity index is 1.96. The van der Waals surface area contributed by atoms with Crippen LogP contribution in [0.1, 0.15) is 31.2 Å². The highest BCUT2D eigenvalue weighted by atomic mass is 19.1. The van der Waals surface area contributed by atoms with Crippen LogP contribution < -0.4 is 4.74 Å². The van der Waals surface area contributed by atoms with Gasteiger partial charge in [-0.15, -0.1) is 5.10 Å². The molecule has 0 aliphatic rings. The molecule has 120 valence electrons. The van der Waals surface area contributed by atoms with Gasteiger partial charge in [-0.3, -0.25) is 4.90 Å². The molecule has 2 rings (SSSR count). The first-order chi connectivity index (χ1) is 10.6. The lowest BCUT2D eigenvalue weighted by Gasteiger charge is -2.16. The van der Waals surface area contributed by atoms with Crippen molar-refractivity contribution in [3.63, 3.8) is 0 Å². The van der Waals surface area contributed by atoms with Gasteiger partial charge in [0, 0.05) is 13.1 Å². The Morgan fingerprint density at radius 1 is 1.32 bits per heavy atom. The van der Waals surface area contributed by atoms with Crippen LogP contribution in [0.15, 0.2) is 18.2 Å². The fraction of sp³-hybridized carbons (Fsp3) is 0.533. The average molecular weight is 307 g/mol. The summed E-state index contributed by atoms with van der Waals surface area (Å²) in [5, 5.41) is 11.8. The normalized spacial score (nSPS) is 11.1. The number of ether oxygens (including phenoxy) is 1. The molecule has 0 bridgehead atoms. The predicted molar refractivity (Wildman–Crippen MR) is 80.8 cm³/mol. The minimum atomic E-state index is -0.346. The first kappa shape index (κ1) is 16.4. The molecule has 1 aromatic heterocycles. The Morgan fingerprint density at radius 2 is 2.14 bits per heavy atom. The molecular weight excluding hydrogens is 285 g/mol. The molecule has 0 saturated carbocycles. The molecule has 0 saturated heterocycles. The molecule has 0 aliphatic heterocycles. The number of halogens is 1. The summed E-state index contributed by atoms with van der Waals surface area (Å²) < 4.78 is 20.5. The summed E-state index contributed by atoms with van der Waals surface area (Å²) in [6, 6.07) is 5.00. The van der Waals surface area contributed by atoms with Crippen LogP contribution in [0.5, 0.6) is 5.75 Å². The Bertz CT molecular complexity index is 601. The predicted octanol–water partition coefficient (Wildman–Crippen LogP) is 2.25. The lowest BCUT2D eigenvalue weighted by atomic mass is 10.2. The number of benzene rings is 1. The zero-order valence-corrected chi connectivity index (χ0v) is 13.3. The van der Waals surface area contributed by atoms with Gasteiger partial charge in [-0.2, -0.15) is 0 Å². The Morgan fingerprint density at radius 3 is 2.82 bits per heavy atom. The minimum absolute atomic E-state index is 0.259. The van der Waals surface area contributed by atoms with Crippen molar-refractivity contribution in [2.24, 2.45) is 0 Å². The van der Waals surface area contributed by atoms with Gasteiger partial charge in [0.05, 0.1) is 13.7 Å². The van der Waals surface area contributed by atoms with Crippen LogP contribution in [0.2, 0.25) is 0 Å². The van der Waals surface area contributed by atoms with Crippen molar-refractivity contribution < 1.29 is 9.13 Å². The molecule has 0 atom stereocenters. The molecule has 0 radical (unpaired) electrons. The largest absolute Gasteiger partial charge is 0.494 e. The molecule has 1 aromatic carbocycles. The molecule has 0 aliphatic carbocycles. The third-order valence-corrected chi connectivity index (χ3v) is 3.41. The van der Waals surface area contributed by atoms with Crippen LogP contribution in [0.25, 0.3) is 0 Å². The summed E-state index contributed by atoms with van der Waals surface area (Å²) in [6.07, 6.45) is 2.14. The molecule has 0 spiro atoms. The Hall–Kier alpha value is -2.02. The third kappa shape index (κ3) is 4.24. The molecule has 1 heterocycles. The number of unbranched alkanes of at least 4 members (excludes halogenated alkanes) is 1. The van der Waals surface area contributed by atoms with E-state index in [1.165, 1.54) is 13.2 Å². The summed E-state index contributed by atoms with van der Waals surface area (Å²) in [5.74, 6) is 0.737. The van der Waals surface area contributed by atoms with E-state index >= 15 is 0 Å². The monoisotopic (exact) mass is 307 g/mol. The summed E-state index contributed by atoms with van der Waals surface area (Å²) in [6.45, 7) is 4.18. The van der Waals surface area contributed by atoms with Gasteiger partial charge in [0.2, 0.25) is 0 Å². The van der Waals surface area contributed by atoms with E-state index in [-0.39, 0.29) is 11.6 Å². The maximum Gasteiger partial charge on any atom is 0.165 e. The highest BCUT2D eigenvalue weighted by Crippen LogP contribution is 2.18. The molecule has 2 aromatic rings. The number of methoxy groups -OCH3 is 1. The van der Waals surface area contributed by atoms with E-state index in [1.807, 2.05) is 17.8 Å². The number of tetrazole rings is 1. The number of rotatable bonds is 8. The average Bonchev–Trinajstić information content (AvgIpc) is 2.92. The van der Waals surface area contributed by atoms with E-state index in [9.17, 15) is 4.39 Å². The second-order valence-corrected chi connectivity index (χ2v) is 5.31. The van der Waals surface area contributed by atoms with Crippen molar-refractivity contribution in [1.29, 1.82) is 0 Å². The summed E-state index contributed by atoms with van der Waals surface area (Å²) >= 11 is 0. The molecule has 0 amide bonds. The van der Waals surface area contributed by atoms with Gasteiger partial charge >= 0.3 is 0 Å². The Kier molecular flexibility index (Phi) is 5.83. The fourth-order valence-electron chi connectivity index (χ4n) is 2.24. The quantitative estimate of drug-likeness (QED) is 0.748. The van der Waals surface area contributed by atoms with Crippen molar-refractivity contribution in [2.75, 3.05) is 14.2 Å². The Labute approximate surface area is 129 Å². The van der Waals surface area contributed by atoms with Crippen molar-refractivity contribution in [3.8, 4) is 5.75 Å². The highest BCUT2D eigenvalue weighted by Gasteiger charge is 2.10. The van der Waals surface area contributed by atoms with Gasteiger partial charge in [0.1, 0.15) is 0 Å². The van der Waals surface area contributed by atoms with Gasteiger partial charge in [0.25, 0.3) is 0 Å². The van der Waals surface area contributed by atoms with Gasteiger partial charge in [-0.1, -0.05) is 19.4 Å². The van der Waals surface area contributed by atoms with Crippen LogP contribution in [-0.4, -0.2) is 39.3 Å². The molecule has 7 heteroatoms. The molecule has 22 heavy (non-hydrogen) atoms. The fourth-order valence-corrected chi connectivity index (χ4v) is 2.24. The smallest absolute Gasteiger partial charge is 0.165 e. The molecule has 0 N–H and O–H groups in total. The second kappa shape index (κ2) is 7.84. The third-order valence-electron chi connectivity index (χ3n) is 3.41. The number of nitrogens with zero attached hydrogens (tertiary/aromatic N) is 5. The molecule has 0 fully saturated rings. The van der Waals surface area contributed by atoms with E-state index in [0.717, 1.165) is 30.8 Å². The number of aryl methyl sites for hydroxylation is 1. The van der Waals surface area contributed by atoms with Gasteiger partial charge in [-0.05, 0) is 41.6 Å². The zero-order valence-electron chi connectivity index (χ0n) is 13.3. The highest BCUT2D eigenvalue weighted by molar-refractivity contribution is 5.29. The number of hydrogen-bond donors (Lipinski definition) is 0. The van der Waals surface area contributed by atoms with E-state index in [2.05, 4.69) is 27.3 Å². The zero-order chi connectivity index (χ0) is 15.9. The van der Waals surface area contributed by atoms with Crippen LogP contribution in [0.3, 0.4) is 0 Å². The van der Waals surface area contributed by atoms with Gasteiger partial charge in [0.15, 0.2) is 17.4 Å². The van der Waals surface area contributed by atoms with E-state index < -0.39 is 0 Å². The van der Waals surface area contributed by atoms with Gasteiger partial charge < -0.3 is 4.74 Å². The molecule has 0 unspecified atom stereocenters. The standard InChI is InChI=1S/C15H22FN5O/c1-4-5-8-21-15(17-18-19-21)11-20(2)10-12-6-7-14(22-3)13(16)9-12/h6-7,9H,4-5,8,10-11H2,1-3H3. The first-order valence-corrected chi connectivity index (χ1v) is 7.40. The van der Waals surface area contributed by atoms with E-state index in [0.29, 0.717) is 13.1 Å². The second-order valence-electron chi connectivity index (χ2n) is 5.31. The van der Waals surface area contributed by atoms with Crippen molar-refractivity contribution in [1.82, 2.24) is 25.1 Å². The van der Waals surface area contributed by atoms with Crippen molar-refractivity contribution >= 4 is 0 Å². The lowest BCUT2D eigenvalue weighted by Crippen LogP contribution is -2.20. The summed E-state index contributed by atoms with van der Waals surface area (Å²) in [7, 11) is 3.42. The first-order valence-electron chi connectivity index (χ1n) is 7.40. The molecule has 6 nitrogen and oxygen atoms in total. The van der Waals surface area contributed by atoms with Crippen LogP contribution in [-0.2, 0) is 19.6 Å². The van der Waals surface area contributed by atoms with Crippen LogP contribution in [0, 0.1) is 5.82 Å². The van der Waals surface area contributed by atoms with Crippen LogP contribution in [0.4, 0.5) is 4.39 Å². The summed E-state index contributed by atoms with van der Waals surface area (Å²) in [5.41, 5.74) is 0.883. The minimum Gasteiger partial charge on any atom is -0.494 e. The van der Waals surface area contributed by atoms with Crippen molar-refractivity contribution in [3.05, 3.63) is 35.4 Å². The summed E-state index contributed by atoms with van der Waals surface area (Å²) in [4.78, 5) is 2.05. The van der Waals surface area contributed by atoms with E-state index in [4.69, 9.17) is 4.74 Å².